The van der Waals surface area contributed by atoms with Crippen LogP contribution in [0.15, 0.2) is 61.2 Å². The zero-order valence-electron chi connectivity index (χ0n) is 14.5. The molecule has 0 amide bonds. The number of hydrogen-bond donors (Lipinski definition) is 0. The van der Waals surface area contributed by atoms with E-state index in [9.17, 15) is 4.79 Å². The summed E-state index contributed by atoms with van der Waals surface area (Å²) in [6, 6.07) is 15.4. The lowest BCUT2D eigenvalue weighted by Crippen LogP contribution is -2.08. The van der Waals surface area contributed by atoms with Crippen molar-refractivity contribution in [1.29, 1.82) is 0 Å². The quantitative estimate of drug-likeness (QED) is 0.254. The Morgan fingerprint density at radius 1 is 0.958 bits per heavy atom. The van der Waals surface area contributed by atoms with Crippen molar-refractivity contribution in [3.63, 3.8) is 0 Å². The number of esters is 1. The van der Waals surface area contributed by atoms with Gasteiger partial charge in [-0.15, -0.1) is 6.58 Å². The van der Waals surface area contributed by atoms with Crippen molar-refractivity contribution in [2.45, 2.75) is 45.4 Å². The van der Waals surface area contributed by atoms with Gasteiger partial charge in [0.1, 0.15) is 5.75 Å². The number of rotatable bonds is 9. The lowest BCUT2D eigenvalue weighted by molar-refractivity contribution is 0.0734. The minimum atomic E-state index is -0.309. The lowest BCUT2D eigenvalue weighted by Gasteiger charge is -2.06. The maximum absolute atomic E-state index is 12.2. The molecular formula is C22H26O2. The van der Waals surface area contributed by atoms with Crippen molar-refractivity contribution in [2.75, 3.05) is 0 Å². The normalized spacial score (nSPS) is 10.4. The summed E-state index contributed by atoms with van der Waals surface area (Å²) in [5, 5.41) is 0. The van der Waals surface area contributed by atoms with E-state index in [0.717, 1.165) is 38.5 Å². The van der Waals surface area contributed by atoms with Crippen molar-refractivity contribution >= 4 is 5.97 Å². The number of carbonyl (C=O) groups is 1. The van der Waals surface area contributed by atoms with E-state index < -0.39 is 0 Å². The smallest absolute Gasteiger partial charge is 0.343 e. The van der Waals surface area contributed by atoms with Gasteiger partial charge in [-0.25, -0.2) is 4.79 Å². The number of hydrogen-bond acceptors (Lipinski definition) is 2. The SMILES string of the molecule is C=CCCCCc1ccc(C(=O)Oc2ccc(CCC)cc2)cc1. The van der Waals surface area contributed by atoms with E-state index in [1.807, 2.05) is 54.6 Å². The number of carbonyl (C=O) groups excluding carboxylic acids is 1. The number of unbranched alkanes of at least 4 members (excludes halogenated alkanes) is 2. The fraction of sp³-hybridized carbons (Fsp3) is 0.318. The predicted octanol–water partition coefficient (Wildman–Crippen LogP) is 5.76. The standard InChI is InChI=1S/C22H26O2/c1-3-5-6-7-9-19-10-14-20(15-11-19)22(23)24-21-16-12-18(8-4-2)13-17-21/h3,10-17H,1,4-9H2,2H3. The van der Waals surface area contributed by atoms with Crippen molar-refractivity contribution in [1.82, 2.24) is 0 Å². The van der Waals surface area contributed by atoms with Gasteiger partial charge in [-0.1, -0.05) is 43.7 Å². The minimum Gasteiger partial charge on any atom is -0.423 e. The van der Waals surface area contributed by atoms with Crippen LogP contribution >= 0.6 is 0 Å². The molecule has 0 saturated carbocycles. The average Bonchev–Trinajstić information content (AvgIpc) is 2.61. The van der Waals surface area contributed by atoms with Gasteiger partial charge in [0, 0.05) is 0 Å². The fourth-order valence-electron chi connectivity index (χ4n) is 2.60. The van der Waals surface area contributed by atoms with E-state index in [1.165, 1.54) is 11.1 Å². The van der Waals surface area contributed by atoms with E-state index in [0.29, 0.717) is 11.3 Å². The Labute approximate surface area is 145 Å². The second-order valence-electron chi connectivity index (χ2n) is 6.01. The summed E-state index contributed by atoms with van der Waals surface area (Å²) in [5.74, 6) is 0.282. The summed E-state index contributed by atoms with van der Waals surface area (Å²) in [5.41, 5.74) is 3.10. The summed E-state index contributed by atoms with van der Waals surface area (Å²) in [6.45, 7) is 5.88. The van der Waals surface area contributed by atoms with Crippen LogP contribution in [0.25, 0.3) is 0 Å². The molecular weight excluding hydrogens is 296 g/mol. The molecule has 126 valence electrons. The van der Waals surface area contributed by atoms with Crippen molar-refractivity contribution in [3.8, 4) is 5.75 Å². The molecule has 0 aliphatic carbocycles. The minimum absolute atomic E-state index is 0.309. The van der Waals surface area contributed by atoms with Crippen molar-refractivity contribution in [2.24, 2.45) is 0 Å². The molecule has 0 aliphatic heterocycles. The molecule has 2 heteroatoms. The number of aryl methyl sites for hydroxylation is 2. The van der Waals surface area contributed by atoms with Crippen molar-refractivity contribution in [3.05, 3.63) is 77.9 Å². The van der Waals surface area contributed by atoms with E-state index in [1.54, 1.807) is 0 Å². The molecule has 0 atom stereocenters. The van der Waals surface area contributed by atoms with Crippen LogP contribution in [0.1, 0.15) is 54.1 Å². The van der Waals surface area contributed by atoms with Gasteiger partial charge in [0.25, 0.3) is 0 Å². The van der Waals surface area contributed by atoms with Gasteiger partial charge in [0.15, 0.2) is 0 Å². The van der Waals surface area contributed by atoms with Crippen LogP contribution in [-0.4, -0.2) is 5.97 Å². The molecule has 0 bridgehead atoms. The monoisotopic (exact) mass is 322 g/mol. The van der Waals surface area contributed by atoms with Crippen LogP contribution in [0.3, 0.4) is 0 Å². The van der Waals surface area contributed by atoms with Gasteiger partial charge < -0.3 is 4.74 Å². The predicted molar refractivity (Wildman–Crippen MR) is 99.6 cm³/mol. The third-order valence-corrected chi connectivity index (χ3v) is 3.99. The third-order valence-electron chi connectivity index (χ3n) is 3.99. The molecule has 2 aromatic carbocycles. The second kappa shape index (κ2) is 9.71. The summed E-state index contributed by atoms with van der Waals surface area (Å²) < 4.78 is 5.44. The zero-order valence-corrected chi connectivity index (χ0v) is 14.5. The Hall–Kier alpha value is -2.35. The summed E-state index contributed by atoms with van der Waals surface area (Å²) in [7, 11) is 0. The largest absolute Gasteiger partial charge is 0.423 e. The first-order chi connectivity index (χ1) is 11.7. The second-order valence-corrected chi connectivity index (χ2v) is 6.01. The van der Waals surface area contributed by atoms with Gasteiger partial charge in [-0.05, 0) is 67.5 Å². The van der Waals surface area contributed by atoms with Gasteiger partial charge >= 0.3 is 5.97 Å². The Balaban J connectivity index is 1.88. The first-order valence-electron chi connectivity index (χ1n) is 8.74. The molecule has 0 saturated heterocycles. The lowest BCUT2D eigenvalue weighted by atomic mass is 10.1. The maximum atomic E-state index is 12.2. The van der Waals surface area contributed by atoms with Gasteiger partial charge in [0.2, 0.25) is 0 Å². The molecule has 2 aromatic rings. The van der Waals surface area contributed by atoms with Gasteiger partial charge in [-0.2, -0.15) is 0 Å². The molecule has 2 rings (SSSR count). The highest BCUT2D eigenvalue weighted by Crippen LogP contribution is 2.16. The highest BCUT2D eigenvalue weighted by molar-refractivity contribution is 5.91. The first kappa shape index (κ1) is 18.0. The zero-order chi connectivity index (χ0) is 17.2. The Kier molecular flexibility index (Phi) is 7.28. The fourth-order valence-corrected chi connectivity index (χ4v) is 2.60. The molecule has 0 N–H and O–H groups in total. The third kappa shape index (κ3) is 5.69. The van der Waals surface area contributed by atoms with Crippen molar-refractivity contribution < 1.29 is 9.53 Å². The average molecular weight is 322 g/mol. The topological polar surface area (TPSA) is 26.3 Å². The van der Waals surface area contributed by atoms with E-state index in [-0.39, 0.29) is 5.97 Å². The molecule has 0 aliphatic rings. The van der Waals surface area contributed by atoms with E-state index >= 15 is 0 Å². The molecule has 0 heterocycles. The summed E-state index contributed by atoms with van der Waals surface area (Å²) in [6.07, 6.45) is 8.49. The van der Waals surface area contributed by atoms with Crippen LogP contribution in [0.4, 0.5) is 0 Å². The molecule has 0 aromatic heterocycles. The Morgan fingerprint density at radius 3 is 2.21 bits per heavy atom. The molecule has 0 spiro atoms. The number of allylic oxidation sites excluding steroid dienone is 1. The van der Waals surface area contributed by atoms with Gasteiger partial charge in [0.05, 0.1) is 5.56 Å². The summed E-state index contributed by atoms with van der Waals surface area (Å²) in [4.78, 5) is 12.2. The molecule has 24 heavy (non-hydrogen) atoms. The van der Waals surface area contributed by atoms with Crippen LogP contribution in [0, 0.1) is 0 Å². The van der Waals surface area contributed by atoms with Crippen LogP contribution in [-0.2, 0) is 12.8 Å². The number of benzene rings is 2. The molecule has 2 nitrogen and oxygen atoms in total. The van der Waals surface area contributed by atoms with E-state index in [4.69, 9.17) is 4.74 Å². The van der Waals surface area contributed by atoms with Crippen LogP contribution in [0.2, 0.25) is 0 Å². The Bertz CT molecular complexity index is 639. The van der Waals surface area contributed by atoms with Gasteiger partial charge in [-0.3, -0.25) is 0 Å². The molecule has 0 fully saturated rings. The molecule has 0 unspecified atom stereocenters. The van der Waals surface area contributed by atoms with E-state index in [2.05, 4.69) is 13.5 Å². The summed E-state index contributed by atoms with van der Waals surface area (Å²) >= 11 is 0. The number of ether oxygens (including phenoxy) is 1. The first-order valence-corrected chi connectivity index (χ1v) is 8.74. The van der Waals surface area contributed by atoms with Crippen LogP contribution < -0.4 is 4.74 Å². The molecule has 0 radical (unpaired) electrons. The maximum Gasteiger partial charge on any atom is 0.343 e. The Morgan fingerprint density at radius 2 is 1.58 bits per heavy atom. The van der Waals surface area contributed by atoms with Crippen LogP contribution in [0.5, 0.6) is 5.75 Å². The highest BCUT2D eigenvalue weighted by atomic mass is 16.5. The highest BCUT2D eigenvalue weighted by Gasteiger charge is 2.08.